The van der Waals surface area contributed by atoms with Gasteiger partial charge in [0, 0.05) is 37.6 Å². The Morgan fingerprint density at radius 1 is 1.35 bits per heavy atom. The molecule has 0 saturated carbocycles. The number of carbonyl (C=O) groups excluding carboxylic acids is 1. The molecule has 0 spiro atoms. The Hall–Kier alpha value is -2.54. The Morgan fingerprint density at radius 3 is 3.00 bits per heavy atom. The van der Waals surface area contributed by atoms with Crippen LogP contribution in [0.2, 0.25) is 0 Å². The summed E-state index contributed by atoms with van der Waals surface area (Å²) in [6.07, 6.45) is 3.72. The molecule has 0 aromatic carbocycles. The van der Waals surface area contributed by atoms with Gasteiger partial charge in [-0.1, -0.05) is 19.4 Å². The maximum Gasteiger partial charge on any atom is 0.239 e. The van der Waals surface area contributed by atoms with Crippen molar-refractivity contribution >= 4 is 11.7 Å². The fourth-order valence-electron chi connectivity index (χ4n) is 3.10. The van der Waals surface area contributed by atoms with Gasteiger partial charge in [0.05, 0.1) is 12.2 Å². The number of piperazine rings is 1. The summed E-state index contributed by atoms with van der Waals surface area (Å²) in [7, 11) is 0. The zero-order valence-corrected chi connectivity index (χ0v) is 15.4. The number of hydrogen-bond acceptors (Lipinski definition) is 6. The first-order valence-corrected chi connectivity index (χ1v) is 9.16. The summed E-state index contributed by atoms with van der Waals surface area (Å²) in [4.78, 5) is 28.0. The van der Waals surface area contributed by atoms with Gasteiger partial charge >= 0.3 is 0 Å². The van der Waals surface area contributed by atoms with E-state index in [2.05, 4.69) is 37.4 Å². The van der Waals surface area contributed by atoms with Crippen LogP contribution in [0.3, 0.4) is 0 Å². The van der Waals surface area contributed by atoms with Crippen molar-refractivity contribution in [1.82, 2.24) is 25.6 Å². The summed E-state index contributed by atoms with van der Waals surface area (Å²) in [5, 5.41) is 6.25. The van der Waals surface area contributed by atoms with Crippen molar-refractivity contribution in [2.45, 2.75) is 39.3 Å². The van der Waals surface area contributed by atoms with Gasteiger partial charge in [-0.3, -0.25) is 9.78 Å². The Balaban J connectivity index is 1.62. The van der Waals surface area contributed by atoms with Crippen LogP contribution in [0.15, 0.2) is 30.5 Å². The number of aromatic nitrogens is 3. The van der Waals surface area contributed by atoms with E-state index in [1.54, 1.807) is 6.20 Å². The van der Waals surface area contributed by atoms with Crippen LogP contribution in [0, 0.1) is 6.92 Å². The van der Waals surface area contributed by atoms with Gasteiger partial charge < -0.3 is 15.5 Å². The molecule has 0 radical (unpaired) electrons. The third kappa shape index (κ3) is 4.76. The quantitative estimate of drug-likeness (QED) is 0.812. The fourth-order valence-corrected chi connectivity index (χ4v) is 3.10. The molecule has 1 saturated heterocycles. The molecular formula is C19H26N6O. The molecule has 1 aliphatic heterocycles. The van der Waals surface area contributed by atoms with E-state index < -0.39 is 0 Å². The Bertz CT molecular complexity index is 736. The van der Waals surface area contributed by atoms with E-state index in [0.29, 0.717) is 13.1 Å². The summed E-state index contributed by atoms with van der Waals surface area (Å²) in [6, 6.07) is 7.46. The van der Waals surface area contributed by atoms with Crippen molar-refractivity contribution in [3.8, 4) is 0 Å². The lowest BCUT2D eigenvalue weighted by Crippen LogP contribution is -2.57. The third-order valence-electron chi connectivity index (χ3n) is 4.37. The van der Waals surface area contributed by atoms with Gasteiger partial charge in [-0.05, 0) is 25.5 Å². The van der Waals surface area contributed by atoms with Gasteiger partial charge in [-0.2, -0.15) is 0 Å². The minimum atomic E-state index is -0.266. The van der Waals surface area contributed by atoms with Gasteiger partial charge in [-0.15, -0.1) is 0 Å². The van der Waals surface area contributed by atoms with E-state index in [1.165, 1.54) is 0 Å². The van der Waals surface area contributed by atoms with Gasteiger partial charge in [0.25, 0.3) is 0 Å². The zero-order chi connectivity index (χ0) is 18.4. The Morgan fingerprint density at radius 2 is 2.23 bits per heavy atom. The van der Waals surface area contributed by atoms with E-state index in [4.69, 9.17) is 0 Å². The number of nitrogens with one attached hydrogen (secondary N) is 2. The smallest absolute Gasteiger partial charge is 0.239 e. The van der Waals surface area contributed by atoms with E-state index in [1.807, 2.05) is 31.2 Å². The molecule has 26 heavy (non-hydrogen) atoms. The second-order valence-electron chi connectivity index (χ2n) is 6.51. The van der Waals surface area contributed by atoms with Crippen LogP contribution in [0.4, 0.5) is 5.82 Å². The van der Waals surface area contributed by atoms with Crippen molar-refractivity contribution in [2.75, 3.05) is 24.5 Å². The average molecular weight is 354 g/mol. The third-order valence-corrected chi connectivity index (χ3v) is 4.37. The number of pyridine rings is 1. The molecule has 0 bridgehead atoms. The van der Waals surface area contributed by atoms with Gasteiger partial charge in [0.15, 0.2) is 0 Å². The molecule has 0 aliphatic carbocycles. The van der Waals surface area contributed by atoms with Gasteiger partial charge in [-0.25, -0.2) is 9.97 Å². The van der Waals surface area contributed by atoms with Crippen LogP contribution in [0.1, 0.15) is 30.6 Å². The van der Waals surface area contributed by atoms with Crippen molar-refractivity contribution in [3.63, 3.8) is 0 Å². The van der Waals surface area contributed by atoms with Crippen molar-refractivity contribution in [1.29, 1.82) is 0 Å². The fraction of sp³-hybridized carbons (Fsp3) is 0.474. The van der Waals surface area contributed by atoms with Crippen LogP contribution in [-0.4, -0.2) is 46.5 Å². The highest BCUT2D eigenvalue weighted by molar-refractivity contribution is 5.82. The average Bonchev–Trinajstić information content (AvgIpc) is 2.67. The maximum absolute atomic E-state index is 12.5. The SMILES string of the molecule is CCCc1cc(N2CCN[C@@H](C(=O)NCc3ccccn3)C2)nc(C)n1. The van der Waals surface area contributed by atoms with E-state index in [-0.39, 0.29) is 11.9 Å². The summed E-state index contributed by atoms with van der Waals surface area (Å²) in [5.41, 5.74) is 1.91. The highest BCUT2D eigenvalue weighted by atomic mass is 16.2. The predicted octanol–water partition coefficient (Wildman–Crippen LogP) is 1.23. The number of aryl methyl sites for hydroxylation is 2. The lowest BCUT2D eigenvalue weighted by atomic mass is 10.1. The summed E-state index contributed by atoms with van der Waals surface area (Å²) < 4.78 is 0. The molecule has 1 aliphatic rings. The lowest BCUT2D eigenvalue weighted by Gasteiger charge is -2.34. The van der Waals surface area contributed by atoms with Crippen LogP contribution < -0.4 is 15.5 Å². The van der Waals surface area contributed by atoms with Crippen LogP contribution in [0.5, 0.6) is 0 Å². The Labute approximate surface area is 154 Å². The molecule has 2 aromatic rings. The lowest BCUT2D eigenvalue weighted by molar-refractivity contribution is -0.123. The zero-order valence-electron chi connectivity index (χ0n) is 15.4. The number of nitrogens with zero attached hydrogens (tertiary/aromatic N) is 4. The monoisotopic (exact) mass is 354 g/mol. The van der Waals surface area contributed by atoms with Gasteiger partial charge in [0.2, 0.25) is 5.91 Å². The second kappa shape index (κ2) is 8.71. The molecule has 0 unspecified atom stereocenters. The van der Waals surface area contributed by atoms with E-state index in [9.17, 15) is 4.79 Å². The molecule has 1 atom stereocenters. The molecule has 3 heterocycles. The minimum Gasteiger partial charge on any atom is -0.353 e. The maximum atomic E-state index is 12.5. The van der Waals surface area contributed by atoms with Crippen molar-refractivity contribution in [3.05, 3.63) is 47.7 Å². The number of rotatable bonds is 6. The molecule has 7 heteroatoms. The minimum absolute atomic E-state index is 0.0140. The number of hydrogen-bond donors (Lipinski definition) is 2. The molecule has 1 amide bonds. The predicted molar refractivity (Wildman–Crippen MR) is 101 cm³/mol. The molecule has 1 fully saturated rings. The van der Waals surface area contributed by atoms with Crippen LogP contribution in [0.25, 0.3) is 0 Å². The Kier molecular flexibility index (Phi) is 6.12. The normalized spacial score (nSPS) is 17.2. The molecule has 2 aromatic heterocycles. The second-order valence-corrected chi connectivity index (χ2v) is 6.51. The summed E-state index contributed by atoms with van der Waals surface area (Å²) in [5.74, 6) is 1.67. The van der Waals surface area contributed by atoms with Crippen molar-refractivity contribution < 1.29 is 4.79 Å². The first-order valence-electron chi connectivity index (χ1n) is 9.16. The molecule has 7 nitrogen and oxygen atoms in total. The highest BCUT2D eigenvalue weighted by Crippen LogP contribution is 2.16. The standard InChI is InChI=1S/C19H26N6O/c1-3-6-15-11-18(24-14(2)23-15)25-10-9-21-17(13-25)19(26)22-12-16-7-4-5-8-20-16/h4-5,7-8,11,17,21H,3,6,9-10,12-13H2,1-2H3,(H,22,26)/t17-/m1/s1. The summed E-state index contributed by atoms with van der Waals surface area (Å²) >= 11 is 0. The highest BCUT2D eigenvalue weighted by Gasteiger charge is 2.26. The van der Waals surface area contributed by atoms with E-state index >= 15 is 0 Å². The number of carbonyl (C=O) groups is 1. The van der Waals surface area contributed by atoms with E-state index in [0.717, 1.165) is 49.0 Å². The largest absolute Gasteiger partial charge is 0.353 e. The van der Waals surface area contributed by atoms with Crippen molar-refractivity contribution in [2.24, 2.45) is 0 Å². The van der Waals surface area contributed by atoms with Gasteiger partial charge in [0.1, 0.15) is 17.7 Å². The number of amides is 1. The molecule has 138 valence electrons. The molecular weight excluding hydrogens is 328 g/mol. The van der Waals surface area contributed by atoms with Crippen LogP contribution >= 0.6 is 0 Å². The summed E-state index contributed by atoms with van der Waals surface area (Å²) in [6.45, 7) is 6.66. The molecule has 2 N–H and O–H groups in total. The van der Waals surface area contributed by atoms with Crippen LogP contribution in [-0.2, 0) is 17.8 Å². The first kappa shape index (κ1) is 18.3. The number of anilines is 1. The molecule has 3 rings (SSSR count). The first-order chi connectivity index (χ1) is 12.7. The topological polar surface area (TPSA) is 83.0 Å².